The summed E-state index contributed by atoms with van der Waals surface area (Å²) in [6, 6.07) is 0. The Morgan fingerprint density at radius 2 is 2.04 bits per heavy atom. The van der Waals surface area contributed by atoms with Gasteiger partial charge in [0.05, 0.1) is 41.7 Å². The van der Waals surface area contributed by atoms with Gasteiger partial charge in [-0.15, -0.1) is 11.8 Å². The largest absolute Gasteiger partial charge is 0.480 e. The highest BCUT2D eigenvalue weighted by molar-refractivity contribution is 8.09. The number of thioether (sulfide) groups is 1. The Bertz CT molecular complexity index is 901. The molecule has 0 fully saturated rings. The Morgan fingerprint density at radius 3 is 2.65 bits per heavy atom. The van der Waals surface area contributed by atoms with Crippen LogP contribution in [0.25, 0.3) is 4.91 Å². The molecule has 10 heteroatoms. The molecule has 0 bridgehead atoms. The first-order valence-electron chi connectivity index (χ1n) is 7.97. The van der Waals surface area contributed by atoms with Crippen molar-refractivity contribution in [2.45, 2.75) is 42.5 Å². The first-order chi connectivity index (χ1) is 12.0. The molecule has 3 heterocycles. The lowest BCUT2D eigenvalue weighted by atomic mass is 9.95. The zero-order valence-corrected chi connectivity index (χ0v) is 16.6. The van der Waals surface area contributed by atoms with E-state index in [1.54, 1.807) is 6.92 Å². The quantitative estimate of drug-likeness (QED) is 0.821. The summed E-state index contributed by atoms with van der Waals surface area (Å²) in [6.07, 6.45) is 3.00. The number of nitrogens with two attached hydrogens (primary N) is 1. The summed E-state index contributed by atoms with van der Waals surface area (Å²) in [4.78, 5) is 13.3. The molecule has 0 saturated carbocycles. The summed E-state index contributed by atoms with van der Waals surface area (Å²) in [5, 5.41) is -0.727. The van der Waals surface area contributed by atoms with E-state index in [0.717, 1.165) is 0 Å². The van der Waals surface area contributed by atoms with Gasteiger partial charge in [0.1, 0.15) is 16.8 Å². The monoisotopic (exact) mass is 400 g/mol. The summed E-state index contributed by atoms with van der Waals surface area (Å²) in [5.41, 5.74) is 5.24. The lowest BCUT2D eigenvalue weighted by Gasteiger charge is -2.40. The Labute approximate surface area is 156 Å². The third kappa shape index (κ3) is 2.98. The van der Waals surface area contributed by atoms with Crippen molar-refractivity contribution in [2.24, 2.45) is 10.7 Å². The van der Waals surface area contributed by atoms with Gasteiger partial charge >= 0.3 is 0 Å². The maximum atomic E-state index is 14.8. The second kappa shape index (κ2) is 6.19. The molecule has 2 unspecified atom stereocenters. The predicted octanol–water partition coefficient (Wildman–Crippen LogP) is 1.60. The van der Waals surface area contributed by atoms with E-state index < -0.39 is 31.5 Å². The van der Waals surface area contributed by atoms with E-state index in [2.05, 4.69) is 15.0 Å². The first-order valence-corrected chi connectivity index (χ1v) is 10.5. The number of halogens is 1. The number of methoxy groups -OCH3 is 1. The Hall–Kier alpha value is -1.68. The van der Waals surface area contributed by atoms with Gasteiger partial charge in [0.25, 0.3) is 0 Å². The van der Waals surface area contributed by atoms with Crippen LogP contribution in [0, 0.1) is 0 Å². The normalized spacial score (nSPS) is 32.7. The molecule has 2 aliphatic rings. The highest BCUT2D eigenvalue weighted by Crippen LogP contribution is 2.48. The molecule has 1 aromatic heterocycles. The molecule has 3 atom stereocenters. The van der Waals surface area contributed by atoms with Crippen molar-refractivity contribution in [1.82, 2.24) is 9.97 Å². The smallest absolute Gasteiger partial charge is 0.232 e. The minimum absolute atomic E-state index is 0.00803. The van der Waals surface area contributed by atoms with E-state index in [-0.39, 0.29) is 11.6 Å². The van der Waals surface area contributed by atoms with Crippen molar-refractivity contribution in [2.75, 3.05) is 12.9 Å². The number of allylic oxidation sites excluding steroid dienone is 1. The lowest BCUT2D eigenvalue weighted by Crippen LogP contribution is -2.59. The van der Waals surface area contributed by atoms with Crippen molar-refractivity contribution in [3.63, 3.8) is 0 Å². The molecule has 142 valence electrons. The lowest BCUT2D eigenvalue weighted by molar-refractivity contribution is 0.326. The fraction of sp³-hybridized carbons (Fsp3) is 0.562. The minimum atomic E-state index is -3.58. The number of hydrogen-bond acceptors (Lipinski definition) is 8. The number of aromatic nitrogens is 2. The van der Waals surface area contributed by atoms with Crippen LogP contribution in [0.4, 0.5) is 4.39 Å². The third-order valence-electron chi connectivity index (χ3n) is 4.79. The van der Waals surface area contributed by atoms with Crippen molar-refractivity contribution >= 4 is 32.3 Å². The van der Waals surface area contributed by atoms with Crippen LogP contribution < -0.4 is 10.5 Å². The van der Waals surface area contributed by atoms with Crippen molar-refractivity contribution in [3.8, 4) is 5.88 Å². The van der Waals surface area contributed by atoms with E-state index in [1.165, 1.54) is 51.2 Å². The number of nitrogens with zero attached hydrogens (tertiary/aromatic N) is 3. The molecule has 2 N–H and O–H groups in total. The number of alkyl halides is 1. The first kappa shape index (κ1) is 19.1. The van der Waals surface area contributed by atoms with Gasteiger partial charge in [0.2, 0.25) is 5.88 Å². The zero-order chi connectivity index (χ0) is 19.3. The summed E-state index contributed by atoms with van der Waals surface area (Å²) in [5.74, 6) is 0.0588. The van der Waals surface area contributed by atoms with Gasteiger partial charge in [-0.3, -0.25) is 9.98 Å². The molecule has 3 rings (SSSR count). The highest BCUT2D eigenvalue weighted by Gasteiger charge is 2.54. The van der Waals surface area contributed by atoms with Crippen molar-refractivity contribution in [1.29, 1.82) is 0 Å². The van der Waals surface area contributed by atoms with Gasteiger partial charge < -0.3 is 10.5 Å². The van der Waals surface area contributed by atoms with Crippen LogP contribution in [0.2, 0.25) is 0 Å². The number of sulfone groups is 1. The van der Waals surface area contributed by atoms with E-state index in [4.69, 9.17) is 10.5 Å². The van der Waals surface area contributed by atoms with Crippen LogP contribution in [-0.4, -0.2) is 58.8 Å². The van der Waals surface area contributed by atoms with Crippen LogP contribution >= 0.6 is 11.8 Å². The van der Waals surface area contributed by atoms with Crippen molar-refractivity contribution in [3.05, 3.63) is 24.2 Å². The van der Waals surface area contributed by atoms with Crippen LogP contribution in [0.3, 0.4) is 0 Å². The van der Waals surface area contributed by atoms with E-state index in [1.807, 2.05) is 0 Å². The molecule has 0 saturated heterocycles. The molecule has 0 amide bonds. The van der Waals surface area contributed by atoms with Crippen LogP contribution in [0.1, 0.15) is 26.5 Å². The average molecular weight is 401 g/mol. The van der Waals surface area contributed by atoms with Gasteiger partial charge in [0, 0.05) is 4.91 Å². The fourth-order valence-electron chi connectivity index (χ4n) is 2.97. The van der Waals surface area contributed by atoms with Gasteiger partial charge in [-0.1, -0.05) is 0 Å². The second-order valence-corrected chi connectivity index (χ2v) is 10.8. The van der Waals surface area contributed by atoms with Gasteiger partial charge in [0.15, 0.2) is 9.84 Å². The van der Waals surface area contributed by atoms with E-state index in [0.29, 0.717) is 16.5 Å². The Morgan fingerprint density at radius 1 is 1.35 bits per heavy atom. The van der Waals surface area contributed by atoms with Crippen LogP contribution in [0.15, 0.2) is 23.5 Å². The summed E-state index contributed by atoms with van der Waals surface area (Å²) in [6.45, 7) is 4.67. The van der Waals surface area contributed by atoms with Crippen molar-refractivity contribution < 1.29 is 17.5 Å². The summed E-state index contributed by atoms with van der Waals surface area (Å²) >= 11 is 1.20. The molecule has 0 aromatic carbocycles. The maximum absolute atomic E-state index is 14.8. The van der Waals surface area contributed by atoms with Crippen LogP contribution in [0.5, 0.6) is 5.88 Å². The summed E-state index contributed by atoms with van der Waals surface area (Å²) < 4.78 is 44.0. The second-order valence-electron chi connectivity index (χ2n) is 7.08. The SMILES string of the molecule is COc1cncc(C2=CC(F)C([C@]3(C)CS(=O)(=O)C(C)(C)C(N)=N3)S2)n1. The standard InChI is InChI=1S/C16H21FN4O3S2/c1-15(2)14(18)21-16(3,8-26(15,22)23)13-9(17)5-11(25-13)10-6-19-7-12(20-10)24-4/h5-7,9,13H,8H2,1-4H3,(H2,18,21)/t9?,13?,16-/m0/s1. The molecule has 7 nitrogen and oxygen atoms in total. The summed E-state index contributed by atoms with van der Waals surface area (Å²) in [7, 11) is -2.11. The third-order valence-corrected chi connectivity index (χ3v) is 9.14. The number of hydrogen-bond donors (Lipinski definition) is 1. The number of ether oxygens (including phenoxy) is 1. The van der Waals surface area contributed by atoms with Gasteiger partial charge in [-0.05, 0) is 26.8 Å². The molecular formula is C16H21FN4O3S2. The number of rotatable bonds is 3. The van der Waals surface area contributed by atoms with Gasteiger partial charge in [-0.25, -0.2) is 17.8 Å². The van der Waals surface area contributed by atoms with Gasteiger partial charge in [-0.2, -0.15) is 0 Å². The molecule has 1 aromatic rings. The Balaban J connectivity index is 1.93. The molecule has 26 heavy (non-hydrogen) atoms. The van der Waals surface area contributed by atoms with E-state index in [9.17, 15) is 12.8 Å². The van der Waals surface area contributed by atoms with E-state index >= 15 is 0 Å². The Kier molecular flexibility index (Phi) is 4.55. The maximum Gasteiger partial charge on any atom is 0.232 e. The fourth-order valence-corrected chi connectivity index (χ4v) is 6.11. The average Bonchev–Trinajstić information content (AvgIpc) is 2.95. The zero-order valence-electron chi connectivity index (χ0n) is 14.9. The topological polar surface area (TPSA) is 108 Å². The molecule has 0 radical (unpaired) electrons. The molecule has 0 spiro atoms. The van der Waals surface area contributed by atoms with Crippen LogP contribution in [-0.2, 0) is 9.84 Å². The minimum Gasteiger partial charge on any atom is -0.480 e. The number of aliphatic imine (C=N–C) groups is 1. The molecule has 2 aliphatic heterocycles. The predicted molar refractivity (Wildman–Crippen MR) is 101 cm³/mol. The molecular weight excluding hydrogens is 379 g/mol. The molecule has 0 aliphatic carbocycles. The number of amidine groups is 1. The highest BCUT2D eigenvalue weighted by atomic mass is 32.2.